The average Bonchev–Trinajstić information content (AvgIpc) is 2.27. The van der Waals surface area contributed by atoms with Gasteiger partial charge in [0, 0.05) is 17.8 Å². The van der Waals surface area contributed by atoms with E-state index in [0.717, 1.165) is 19.2 Å². The molecule has 80 valence electrons. The number of esters is 1. The number of methoxy groups -OCH3 is 1. The average molecular weight is 211 g/mol. The molecule has 1 aromatic carbocycles. The van der Waals surface area contributed by atoms with Crippen molar-refractivity contribution < 1.29 is 14.5 Å². The topological polar surface area (TPSA) is 105 Å². The van der Waals surface area contributed by atoms with Crippen LogP contribution >= 0.6 is 0 Å². The van der Waals surface area contributed by atoms with E-state index in [1.807, 2.05) is 0 Å². The molecular weight excluding hydrogens is 204 g/mol. The molecular formula is C8H7N2O5-. The van der Waals surface area contributed by atoms with Crippen molar-refractivity contribution in [1.29, 1.82) is 0 Å². The third-order valence-corrected chi connectivity index (χ3v) is 1.67. The highest BCUT2D eigenvalue weighted by atomic mass is 16.6. The van der Waals surface area contributed by atoms with Crippen LogP contribution in [0.3, 0.4) is 0 Å². The molecule has 0 fully saturated rings. The molecule has 0 heterocycles. The lowest BCUT2D eigenvalue weighted by molar-refractivity contribution is -0.384. The Labute approximate surface area is 84.4 Å². The van der Waals surface area contributed by atoms with Gasteiger partial charge in [-0.25, -0.2) is 4.79 Å². The molecule has 1 rings (SSSR count). The van der Waals surface area contributed by atoms with Gasteiger partial charge in [-0.2, -0.15) is 0 Å². The number of nitrogens with zero attached hydrogens (tertiary/aromatic N) is 1. The van der Waals surface area contributed by atoms with E-state index < -0.39 is 10.9 Å². The van der Waals surface area contributed by atoms with Crippen LogP contribution in [0.15, 0.2) is 18.2 Å². The molecule has 0 bridgehead atoms. The Kier molecular flexibility index (Phi) is 3.19. The van der Waals surface area contributed by atoms with Crippen molar-refractivity contribution in [2.24, 2.45) is 0 Å². The number of benzene rings is 1. The fourth-order valence-electron chi connectivity index (χ4n) is 1.01. The lowest BCUT2D eigenvalue weighted by Crippen LogP contribution is -2.03. The Bertz CT molecular complexity index is 404. The van der Waals surface area contributed by atoms with Gasteiger partial charge in [0.05, 0.1) is 17.6 Å². The summed E-state index contributed by atoms with van der Waals surface area (Å²) in [4.78, 5) is 20.8. The van der Waals surface area contributed by atoms with Crippen LogP contribution in [-0.4, -0.2) is 18.0 Å². The van der Waals surface area contributed by atoms with E-state index in [4.69, 9.17) is 0 Å². The number of non-ortho nitro benzene ring substituents is 1. The number of nitro groups is 1. The van der Waals surface area contributed by atoms with Gasteiger partial charge in [0.2, 0.25) is 0 Å². The minimum Gasteiger partial charge on any atom is -0.761 e. The molecule has 1 aromatic rings. The van der Waals surface area contributed by atoms with Crippen molar-refractivity contribution in [2.45, 2.75) is 0 Å². The van der Waals surface area contributed by atoms with Gasteiger partial charge in [-0.05, 0) is 6.07 Å². The Hall–Kier alpha value is -2.15. The van der Waals surface area contributed by atoms with Crippen molar-refractivity contribution >= 4 is 17.3 Å². The zero-order chi connectivity index (χ0) is 11.4. The van der Waals surface area contributed by atoms with Gasteiger partial charge in [0.25, 0.3) is 5.69 Å². The molecule has 0 saturated heterocycles. The summed E-state index contributed by atoms with van der Waals surface area (Å²) in [5, 5.41) is 20.8. The minimum atomic E-state index is -0.741. The SMILES string of the molecule is COC(=O)c1cc(N[O-])cc([N+](=O)[O-])c1. The summed E-state index contributed by atoms with van der Waals surface area (Å²) in [6.45, 7) is 0. The molecule has 0 aliphatic rings. The Balaban J connectivity index is 3.23. The van der Waals surface area contributed by atoms with Crippen molar-refractivity contribution in [2.75, 3.05) is 12.6 Å². The number of nitrogens with one attached hydrogen (secondary N) is 1. The van der Waals surface area contributed by atoms with Gasteiger partial charge in [0.1, 0.15) is 0 Å². The highest BCUT2D eigenvalue weighted by molar-refractivity contribution is 5.91. The van der Waals surface area contributed by atoms with E-state index in [9.17, 15) is 20.1 Å². The molecule has 0 aliphatic carbocycles. The molecule has 1 N–H and O–H groups in total. The molecule has 7 nitrogen and oxygen atoms in total. The smallest absolute Gasteiger partial charge is 0.338 e. The van der Waals surface area contributed by atoms with Gasteiger partial charge in [-0.1, -0.05) is 0 Å². The predicted molar refractivity (Wildman–Crippen MR) is 51.4 cm³/mol. The number of anilines is 1. The second-order valence-electron chi connectivity index (χ2n) is 2.62. The first kappa shape index (κ1) is 10.9. The normalized spacial score (nSPS) is 9.47. The van der Waals surface area contributed by atoms with Gasteiger partial charge in [-0.15, -0.1) is 0 Å². The van der Waals surface area contributed by atoms with Crippen LogP contribution in [0.5, 0.6) is 0 Å². The quantitative estimate of drug-likeness (QED) is 0.458. The number of ether oxygens (including phenoxy) is 1. The third-order valence-electron chi connectivity index (χ3n) is 1.67. The first-order valence-corrected chi connectivity index (χ1v) is 3.84. The van der Waals surface area contributed by atoms with Gasteiger partial charge in [-0.3, -0.25) is 10.1 Å². The molecule has 0 saturated carbocycles. The maximum Gasteiger partial charge on any atom is 0.338 e. The largest absolute Gasteiger partial charge is 0.761 e. The fraction of sp³-hybridized carbons (Fsp3) is 0.125. The monoisotopic (exact) mass is 211 g/mol. The summed E-state index contributed by atoms with van der Waals surface area (Å²) < 4.78 is 4.38. The fourth-order valence-corrected chi connectivity index (χ4v) is 1.01. The number of hydrogen-bond donors (Lipinski definition) is 1. The van der Waals surface area contributed by atoms with Gasteiger partial charge >= 0.3 is 5.97 Å². The van der Waals surface area contributed by atoms with Crippen LogP contribution in [0.1, 0.15) is 10.4 Å². The number of rotatable bonds is 3. The third kappa shape index (κ3) is 2.41. The number of nitro benzene ring substituents is 1. The lowest BCUT2D eigenvalue weighted by Gasteiger charge is -2.09. The highest BCUT2D eigenvalue weighted by Gasteiger charge is 2.13. The zero-order valence-corrected chi connectivity index (χ0v) is 7.72. The van der Waals surface area contributed by atoms with Crippen LogP contribution in [0.25, 0.3) is 0 Å². The van der Waals surface area contributed by atoms with Crippen LogP contribution < -0.4 is 5.48 Å². The summed E-state index contributed by atoms with van der Waals surface area (Å²) >= 11 is 0. The van der Waals surface area contributed by atoms with Crippen molar-refractivity contribution in [3.8, 4) is 0 Å². The van der Waals surface area contributed by atoms with Crippen molar-refractivity contribution in [3.63, 3.8) is 0 Å². The van der Waals surface area contributed by atoms with Crippen LogP contribution in [0.2, 0.25) is 0 Å². The second kappa shape index (κ2) is 4.38. The molecule has 0 radical (unpaired) electrons. The first-order valence-electron chi connectivity index (χ1n) is 3.84. The molecule has 0 spiro atoms. The standard InChI is InChI=1S/C8H7N2O5/c1-15-8(11)5-2-6(9-12)4-7(3-5)10(13)14/h2-4,9H,1H3/q-1. The van der Waals surface area contributed by atoms with E-state index in [1.165, 1.54) is 11.5 Å². The molecule has 0 aromatic heterocycles. The van der Waals surface area contributed by atoms with E-state index in [2.05, 4.69) is 4.74 Å². The first-order chi connectivity index (χ1) is 7.08. The molecule has 0 amide bonds. The minimum absolute atomic E-state index is 0.0509. The van der Waals surface area contributed by atoms with E-state index in [0.29, 0.717) is 0 Å². The van der Waals surface area contributed by atoms with Crippen LogP contribution in [0, 0.1) is 15.3 Å². The van der Waals surface area contributed by atoms with Crippen molar-refractivity contribution in [3.05, 3.63) is 39.1 Å². The highest BCUT2D eigenvalue weighted by Crippen LogP contribution is 2.21. The Morgan fingerprint density at radius 3 is 2.60 bits per heavy atom. The predicted octanol–water partition coefficient (Wildman–Crippen LogP) is 1.29. The molecule has 7 heteroatoms. The number of carbonyl (C=O) groups excluding carboxylic acids is 1. The Morgan fingerprint density at radius 2 is 2.13 bits per heavy atom. The second-order valence-corrected chi connectivity index (χ2v) is 2.62. The maximum atomic E-state index is 11.1. The Morgan fingerprint density at radius 1 is 1.47 bits per heavy atom. The van der Waals surface area contributed by atoms with E-state index in [-0.39, 0.29) is 16.9 Å². The molecule has 0 unspecified atom stereocenters. The number of carbonyl (C=O) groups is 1. The number of hydrogen-bond acceptors (Lipinski definition) is 6. The molecule has 0 atom stereocenters. The molecule has 15 heavy (non-hydrogen) atoms. The molecule has 0 aliphatic heterocycles. The van der Waals surface area contributed by atoms with Crippen molar-refractivity contribution in [1.82, 2.24) is 0 Å². The summed E-state index contributed by atoms with van der Waals surface area (Å²) in [7, 11) is 1.14. The summed E-state index contributed by atoms with van der Waals surface area (Å²) in [6.07, 6.45) is 0. The zero-order valence-electron chi connectivity index (χ0n) is 7.72. The maximum absolute atomic E-state index is 11.1. The van der Waals surface area contributed by atoms with Crippen LogP contribution in [0.4, 0.5) is 11.4 Å². The van der Waals surface area contributed by atoms with Crippen LogP contribution in [-0.2, 0) is 4.74 Å². The van der Waals surface area contributed by atoms with E-state index >= 15 is 0 Å². The lowest BCUT2D eigenvalue weighted by atomic mass is 10.2. The van der Waals surface area contributed by atoms with E-state index in [1.54, 1.807) is 0 Å². The summed E-state index contributed by atoms with van der Waals surface area (Å²) in [6, 6.07) is 3.23. The summed E-state index contributed by atoms with van der Waals surface area (Å²) in [5.41, 5.74) is 1.01. The van der Waals surface area contributed by atoms with Gasteiger partial charge in [0.15, 0.2) is 0 Å². The van der Waals surface area contributed by atoms with Gasteiger partial charge < -0.3 is 15.4 Å². The summed E-state index contributed by atoms with van der Waals surface area (Å²) in [5.74, 6) is -0.741.